The Morgan fingerprint density at radius 3 is 2.67 bits per heavy atom. The minimum absolute atomic E-state index is 0.542. The maximum atomic E-state index is 9.75. The van der Waals surface area contributed by atoms with Gasteiger partial charge in [-0.3, -0.25) is 0 Å². The van der Waals surface area contributed by atoms with Crippen molar-refractivity contribution >= 4 is 11.5 Å². The highest BCUT2D eigenvalue weighted by molar-refractivity contribution is 5.50. The molecule has 0 aromatic carbocycles. The molecule has 0 atom stereocenters. The molecule has 84 valence electrons. The zero-order valence-electron chi connectivity index (χ0n) is 9.57. The van der Waals surface area contributed by atoms with Crippen LogP contribution in [0.1, 0.15) is 20.8 Å². The van der Waals surface area contributed by atoms with Gasteiger partial charge in [0.1, 0.15) is 5.82 Å². The molecular formula is C11H19N3O. The molecule has 0 aliphatic carbocycles. The van der Waals surface area contributed by atoms with Gasteiger partial charge in [0.2, 0.25) is 0 Å². The van der Waals surface area contributed by atoms with Crippen molar-refractivity contribution in [3.8, 4) is 0 Å². The molecule has 0 saturated carbocycles. The smallest absolute Gasteiger partial charge is 0.130 e. The van der Waals surface area contributed by atoms with Gasteiger partial charge in [0, 0.05) is 31.0 Å². The van der Waals surface area contributed by atoms with Crippen LogP contribution in [-0.2, 0) is 0 Å². The number of rotatable bonds is 4. The van der Waals surface area contributed by atoms with Gasteiger partial charge in [-0.25, -0.2) is 4.98 Å². The Labute approximate surface area is 90.7 Å². The van der Waals surface area contributed by atoms with E-state index in [1.165, 1.54) is 0 Å². The molecule has 0 bridgehead atoms. The fourth-order valence-corrected chi connectivity index (χ4v) is 1.43. The lowest BCUT2D eigenvalue weighted by Crippen LogP contribution is -2.39. The second-order valence-corrected chi connectivity index (χ2v) is 4.27. The van der Waals surface area contributed by atoms with E-state index in [2.05, 4.69) is 4.98 Å². The van der Waals surface area contributed by atoms with Crippen LogP contribution >= 0.6 is 0 Å². The molecule has 0 aliphatic heterocycles. The quantitative estimate of drug-likeness (QED) is 0.783. The minimum atomic E-state index is -0.734. The van der Waals surface area contributed by atoms with Crippen LogP contribution in [0.15, 0.2) is 18.3 Å². The zero-order chi connectivity index (χ0) is 11.5. The molecule has 0 spiro atoms. The minimum Gasteiger partial charge on any atom is -0.399 e. The predicted molar refractivity (Wildman–Crippen MR) is 62.8 cm³/mol. The second-order valence-electron chi connectivity index (χ2n) is 4.27. The first kappa shape index (κ1) is 11.8. The number of aliphatic hydroxyl groups is 1. The van der Waals surface area contributed by atoms with Crippen LogP contribution in [0.3, 0.4) is 0 Å². The summed E-state index contributed by atoms with van der Waals surface area (Å²) in [5.74, 6) is 0.805. The summed E-state index contributed by atoms with van der Waals surface area (Å²) in [5.41, 5.74) is 5.64. The van der Waals surface area contributed by atoms with Gasteiger partial charge < -0.3 is 15.7 Å². The van der Waals surface area contributed by atoms with E-state index in [9.17, 15) is 5.11 Å². The third-order valence-electron chi connectivity index (χ3n) is 2.05. The number of likely N-dealkylation sites (N-methyl/N-ethyl adjacent to an activating group) is 1. The summed E-state index contributed by atoms with van der Waals surface area (Å²) in [7, 11) is 0. The monoisotopic (exact) mass is 209 g/mol. The van der Waals surface area contributed by atoms with Crippen molar-refractivity contribution in [2.24, 2.45) is 0 Å². The fourth-order valence-electron chi connectivity index (χ4n) is 1.43. The number of nitrogens with zero attached hydrogens (tertiary/aromatic N) is 2. The summed E-state index contributed by atoms with van der Waals surface area (Å²) in [6, 6.07) is 3.57. The highest BCUT2D eigenvalue weighted by Gasteiger charge is 2.18. The number of hydrogen-bond acceptors (Lipinski definition) is 4. The van der Waals surface area contributed by atoms with E-state index in [1.807, 2.05) is 17.9 Å². The maximum absolute atomic E-state index is 9.75. The van der Waals surface area contributed by atoms with Gasteiger partial charge in [-0.2, -0.15) is 0 Å². The number of hydrogen-bond donors (Lipinski definition) is 2. The molecule has 0 saturated heterocycles. The van der Waals surface area contributed by atoms with E-state index in [0.717, 1.165) is 12.4 Å². The Kier molecular flexibility index (Phi) is 3.52. The van der Waals surface area contributed by atoms with Gasteiger partial charge in [0.15, 0.2) is 0 Å². The van der Waals surface area contributed by atoms with Crippen molar-refractivity contribution in [3.05, 3.63) is 18.3 Å². The van der Waals surface area contributed by atoms with Crippen LogP contribution in [0.4, 0.5) is 11.5 Å². The number of anilines is 2. The van der Waals surface area contributed by atoms with Crippen LogP contribution in [-0.4, -0.2) is 28.8 Å². The van der Waals surface area contributed by atoms with Crippen molar-refractivity contribution in [3.63, 3.8) is 0 Å². The average Bonchev–Trinajstić information content (AvgIpc) is 2.13. The second kappa shape index (κ2) is 4.49. The SMILES string of the molecule is CCN(CC(C)(C)O)c1cc(N)ccn1. The summed E-state index contributed by atoms with van der Waals surface area (Å²) in [6.07, 6.45) is 1.68. The molecule has 4 nitrogen and oxygen atoms in total. The Hall–Kier alpha value is -1.29. The van der Waals surface area contributed by atoms with E-state index in [1.54, 1.807) is 26.1 Å². The van der Waals surface area contributed by atoms with Gasteiger partial charge >= 0.3 is 0 Å². The molecule has 1 rings (SSSR count). The Morgan fingerprint density at radius 1 is 1.53 bits per heavy atom. The van der Waals surface area contributed by atoms with Crippen molar-refractivity contribution in [1.29, 1.82) is 0 Å². The molecule has 0 fully saturated rings. The summed E-state index contributed by atoms with van der Waals surface area (Å²) in [6.45, 7) is 6.92. The van der Waals surface area contributed by atoms with Gasteiger partial charge in [0.25, 0.3) is 0 Å². The summed E-state index contributed by atoms with van der Waals surface area (Å²) in [4.78, 5) is 6.23. The van der Waals surface area contributed by atoms with E-state index >= 15 is 0 Å². The van der Waals surface area contributed by atoms with Crippen LogP contribution in [0.25, 0.3) is 0 Å². The molecule has 0 unspecified atom stereocenters. The topological polar surface area (TPSA) is 62.4 Å². The normalized spacial score (nSPS) is 11.5. The lowest BCUT2D eigenvalue weighted by atomic mass is 10.1. The highest BCUT2D eigenvalue weighted by Crippen LogP contribution is 2.16. The molecule has 3 N–H and O–H groups in total. The van der Waals surface area contributed by atoms with E-state index < -0.39 is 5.60 Å². The Bertz CT molecular complexity index is 320. The molecular weight excluding hydrogens is 190 g/mol. The van der Waals surface area contributed by atoms with Crippen molar-refractivity contribution < 1.29 is 5.11 Å². The number of nitrogens with two attached hydrogens (primary N) is 1. The van der Waals surface area contributed by atoms with E-state index in [4.69, 9.17) is 5.73 Å². The molecule has 15 heavy (non-hydrogen) atoms. The molecule has 0 amide bonds. The first-order chi connectivity index (χ1) is 6.92. The average molecular weight is 209 g/mol. The highest BCUT2D eigenvalue weighted by atomic mass is 16.3. The Morgan fingerprint density at radius 2 is 2.20 bits per heavy atom. The number of aromatic nitrogens is 1. The standard InChI is InChI=1S/C11H19N3O/c1-4-14(8-11(2,3)15)10-7-9(12)5-6-13-10/h5-7,15H,4,8H2,1-3H3,(H2,12,13). The summed E-state index contributed by atoms with van der Waals surface area (Å²) in [5, 5.41) is 9.75. The molecule has 1 aromatic rings. The van der Waals surface area contributed by atoms with Gasteiger partial charge in [-0.1, -0.05) is 0 Å². The number of pyridine rings is 1. The van der Waals surface area contributed by atoms with E-state index in [-0.39, 0.29) is 0 Å². The predicted octanol–water partition coefficient (Wildman–Crippen LogP) is 1.26. The van der Waals surface area contributed by atoms with Gasteiger partial charge in [-0.05, 0) is 26.8 Å². The van der Waals surface area contributed by atoms with Crippen molar-refractivity contribution in [2.75, 3.05) is 23.7 Å². The zero-order valence-corrected chi connectivity index (χ0v) is 9.57. The Balaban J connectivity index is 2.83. The lowest BCUT2D eigenvalue weighted by molar-refractivity contribution is 0.0874. The van der Waals surface area contributed by atoms with Crippen molar-refractivity contribution in [1.82, 2.24) is 4.98 Å². The summed E-state index contributed by atoms with van der Waals surface area (Å²) < 4.78 is 0. The van der Waals surface area contributed by atoms with Crippen molar-refractivity contribution in [2.45, 2.75) is 26.4 Å². The molecule has 1 aromatic heterocycles. The van der Waals surface area contributed by atoms with Gasteiger partial charge in [0.05, 0.1) is 5.60 Å². The number of nitrogen functional groups attached to an aromatic ring is 1. The van der Waals surface area contributed by atoms with Crippen LogP contribution in [0, 0.1) is 0 Å². The fraction of sp³-hybridized carbons (Fsp3) is 0.545. The van der Waals surface area contributed by atoms with Gasteiger partial charge in [-0.15, -0.1) is 0 Å². The first-order valence-corrected chi connectivity index (χ1v) is 5.11. The van der Waals surface area contributed by atoms with Crippen LogP contribution in [0.5, 0.6) is 0 Å². The molecule has 0 aliphatic rings. The van der Waals surface area contributed by atoms with E-state index in [0.29, 0.717) is 12.2 Å². The third-order valence-corrected chi connectivity index (χ3v) is 2.05. The largest absolute Gasteiger partial charge is 0.399 e. The van der Waals surface area contributed by atoms with Crippen LogP contribution in [0.2, 0.25) is 0 Å². The lowest BCUT2D eigenvalue weighted by Gasteiger charge is -2.29. The molecule has 1 heterocycles. The first-order valence-electron chi connectivity index (χ1n) is 5.11. The summed E-state index contributed by atoms with van der Waals surface area (Å²) >= 11 is 0. The third kappa shape index (κ3) is 3.75. The molecule has 0 radical (unpaired) electrons. The van der Waals surface area contributed by atoms with Crippen LogP contribution < -0.4 is 10.6 Å². The maximum Gasteiger partial charge on any atom is 0.130 e. The molecule has 4 heteroatoms.